The van der Waals surface area contributed by atoms with Crippen LogP contribution in [0, 0.1) is 0 Å². The molecule has 0 N–H and O–H groups in total. The average Bonchev–Trinajstić information content (AvgIpc) is 3.30. The molecule has 5 rings (SSSR count). The van der Waals surface area contributed by atoms with Crippen LogP contribution >= 0.6 is 22.9 Å². The Bertz CT molecular complexity index is 1100. The van der Waals surface area contributed by atoms with Gasteiger partial charge in [-0.25, -0.2) is 4.98 Å². The third kappa shape index (κ3) is 5.40. The van der Waals surface area contributed by atoms with E-state index in [4.69, 9.17) is 30.8 Å². The van der Waals surface area contributed by atoms with E-state index in [0.29, 0.717) is 36.2 Å². The Morgan fingerprint density at radius 2 is 1.85 bits per heavy atom. The van der Waals surface area contributed by atoms with Crippen molar-refractivity contribution in [3.05, 3.63) is 69.6 Å². The quantitative estimate of drug-likeness (QED) is 0.528. The Kier molecular flexibility index (Phi) is 6.66. The monoisotopic (exact) mass is 485 g/mol. The molecule has 1 amide bonds. The van der Waals surface area contributed by atoms with Gasteiger partial charge < -0.3 is 19.1 Å². The van der Waals surface area contributed by atoms with Crippen molar-refractivity contribution in [1.29, 1.82) is 0 Å². The van der Waals surface area contributed by atoms with E-state index in [-0.39, 0.29) is 12.5 Å². The third-order valence-electron chi connectivity index (χ3n) is 5.63. The van der Waals surface area contributed by atoms with Crippen molar-refractivity contribution in [2.75, 3.05) is 32.8 Å². The van der Waals surface area contributed by atoms with Crippen molar-refractivity contribution in [1.82, 2.24) is 14.8 Å². The van der Waals surface area contributed by atoms with E-state index in [1.165, 1.54) is 0 Å². The van der Waals surface area contributed by atoms with Gasteiger partial charge in [-0.1, -0.05) is 23.7 Å². The zero-order valence-electron chi connectivity index (χ0n) is 18.0. The third-order valence-corrected chi connectivity index (χ3v) is 6.75. The number of ether oxygens (including phenoxy) is 3. The predicted molar refractivity (Wildman–Crippen MR) is 126 cm³/mol. The maximum absolute atomic E-state index is 12.9. The first-order valence-corrected chi connectivity index (χ1v) is 12.1. The number of aromatic nitrogens is 1. The molecule has 0 bridgehead atoms. The number of piperazine rings is 1. The first-order valence-electron chi connectivity index (χ1n) is 10.9. The standard InChI is InChI=1S/C24H24ClN3O4S/c25-17-5-7-19(8-6-17)30-15-23-26-18(16-33-23)13-27-9-11-28(12-10-27)24(29)22-14-31-20-3-1-2-4-21(20)32-22/h1-8,16,22H,9-15H2. The number of carbonyl (C=O) groups is 1. The summed E-state index contributed by atoms with van der Waals surface area (Å²) < 4.78 is 17.4. The van der Waals surface area contributed by atoms with Crippen LogP contribution in [0.2, 0.25) is 5.02 Å². The molecule has 1 fully saturated rings. The molecule has 2 aliphatic heterocycles. The lowest BCUT2D eigenvalue weighted by molar-refractivity contribution is -0.143. The molecule has 2 aromatic carbocycles. The highest BCUT2D eigenvalue weighted by Crippen LogP contribution is 2.31. The number of rotatable bonds is 6. The highest BCUT2D eigenvalue weighted by atomic mass is 35.5. The van der Waals surface area contributed by atoms with Gasteiger partial charge in [-0.05, 0) is 36.4 Å². The molecule has 1 atom stereocenters. The van der Waals surface area contributed by atoms with Gasteiger partial charge in [0, 0.05) is 43.1 Å². The van der Waals surface area contributed by atoms with Crippen LogP contribution in [0.1, 0.15) is 10.7 Å². The highest BCUT2D eigenvalue weighted by molar-refractivity contribution is 7.09. The van der Waals surface area contributed by atoms with Crippen LogP contribution in [0.25, 0.3) is 0 Å². The topological polar surface area (TPSA) is 64.1 Å². The molecular weight excluding hydrogens is 462 g/mol. The SMILES string of the molecule is O=C(C1COc2ccccc2O1)N1CCN(Cc2csc(COc3ccc(Cl)cc3)n2)CC1. The molecular formula is C24H24ClN3O4S. The highest BCUT2D eigenvalue weighted by Gasteiger charge is 2.32. The summed E-state index contributed by atoms with van der Waals surface area (Å²) in [5.41, 5.74) is 1.02. The summed E-state index contributed by atoms with van der Waals surface area (Å²) in [6.07, 6.45) is -0.590. The van der Waals surface area contributed by atoms with E-state index in [9.17, 15) is 4.79 Å². The molecule has 172 valence electrons. The smallest absolute Gasteiger partial charge is 0.267 e. The minimum absolute atomic E-state index is 0.0144. The second-order valence-electron chi connectivity index (χ2n) is 7.94. The van der Waals surface area contributed by atoms with Gasteiger partial charge in [0.1, 0.15) is 24.0 Å². The van der Waals surface area contributed by atoms with Gasteiger partial charge in [0.25, 0.3) is 5.91 Å². The van der Waals surface area contributed by atoms with Gasteiger partial charge >= 0.3 is 0 Å². The van der Waals surface area contributed by atoms with Gasteiger partial charge in [0.15, 0.2) is 11.5 Å². The summed E-state index contributed by atoms with van der Waals surface area (Å²) in [6.45, 7) is 4.36. The second kappa shape index (κ2) is 9.99. The fourth-order valence-electron chi connectivity index (χ4n) is 3.86. The predicted octanol–water partition coefficient (Wildman–Crippen LogP) is 3.86. The maximum Gasteiger partial charge on any atom is 0.267 e. The number of benzene rings is 2. The van der Waals surface area contributed by atoms with Gasteiger partial charge in [-0.3, -0.25) is 9.69 Å². The molecule has 1 saturated heterocycles. The van der Waals surface area contributed by atoms with Gasteiger partial charge in [0.05, 0.1) is 5.69 Å². The first kappa shape index (κ1) is 22.0. The lowest BCUT2D eigenvalue weighted by Crippen LogP contribution is -2.53. The van der Waals surface area contributed by atoms with Crippen LogP contribution in [0.5, 0.6) is 17.2 Å². The van der Waals surface area contributed by atoms with E-state index in [1.54, 1.807) is 23.5 Å². The Labute approximate surface area is 201 Å². The zero-order valence-corrected chi connectivity index (χ0v) is 19.6. The van der Waals surface area contributed by atoms with Crippen molar-refractivity contribution >= 4 is 28.8 Å². The fraction of sp³-hybridized carbons (Fsp3) is 0.333. The van der Waals surface area contributed by atoms with Crippen LogP contribution in [0.4, 0.5) is 0 Å². The van der Waals surface area contributed by atoms with E-state index in [2.05, 4.69) is 10.3 Å². The van der Waals surface area contributed by atoms with Crippen LogP contribution in [-0.2, 0) is 17.9 Å². The lowest BCUT2D eigenvalue weighted by atomic mass is 10.2. The molecule has 0 aliphatic carbocycles. The zero-order chi connectivity index (χ0) is 22.6. The summed E-state index contributed by atoms with van der Waals surface area (Å²) in [5, 5.41) is 3.69. The molecule has 2 aliphatic rings. The van der Waals surface area contributed by atoms with Crippen molar-refractivity contribution in [2.24, 2.45) is 0 Å². The normalized spacial score (nSPS) is 18.2. The summed E-state index contributed by atoms with van der Waals surface area (Å²) in [4.78, 5) is 21.8. The molecule has 9 heteroatoms. The van der Waals surface area contributed by atoms with E-state index >= 15 is 0 Å². The minimum atomic E-state index is -0.590. The van der Waals surface area contributed by atoms with Gasteiger partial charge in [-0.15, -0.1) is 11.3 Å². The van der Waals surface area contributed by atoms with Crippen molar-refractivity contribution in [3.8, 4) is 17.2 Å². The Hall–Kier alpha value is -2.81. The molecule has 0 spiro atoms. The minimum Gasteiger partial charge on any atom is -0.486 e. The molecule has 3 aromatic rings. The number of carbonyl (C=O) groups excluding carboxylic acids is 1. The molecule has 3 heterocycles. The summed E-state index contributed by atoms with van der Waals surface area (Å²) >= 11 is 7.50. The van der Waals surface area contributed by atoms with Crippen LogP contribution in [0.15, 0.2) is 53.9 Å². The fourth-order valence-corrected chi connectivity index (χ4v) is 4.69. The number of hydrogen-bond acceptors (Lipinski definition) is 7. The number of fused-ring (bicyclic) bond motifs is 1. The maximum atomic E-state index is 12.9. The van der Waals surface area contributed by atoms with Crippen LogP contribution in [-0.4, -0.2) is 59.6 Å². The van der Waals surface area contributed by atoms with E-state index < -0.39 is 6.10 Å². The summed E-state index contributed by atoms with van der Waals surface area (Å²) in [7, 11) is 0. The summed E-state index contributed by atoms with van der Waals surface area (Å²) in [5.74, 6) is 2.07. The lowest BCUT2D eigenvalue weighted by Gasteiger charge is -2.36. The van der Waals surface area contributed by atoms with Gasteiger partial charge in [-0.2, -0.15) is 0 Å². The van der Waals surface area contributed by atoms with Crippen molar-refractivity contribution in [3.63, 3.8) is 0 Å². The molecule has 0 radical (unpaired) electrons. The average molecular weight is 486 g/mol. The first-order chi connectivity index (χ1) is 16.1. The number of para-hydroxylation sites is 2. The van der Waals surface area contributed by atoms with E-state index in [0.717, 1.165) is 36.1 Å². The molecule has 33 heavy (non-hydrogen) atoms. The Balaban J connectivity index is 1.08. The van der Waals surface area contributed by atoms with Gasteiger partial charge in [0.2, 0.25) is 6.10 Å². The number of halogens is 1. The number of amides is 1. The Morgan fingerprint density at radius 3 is 2.64 bits per heavy atom. The number of thiazole rings is 1. The van der Waals surface area contributed by atoms with Crippen molar-refractivity contribution in [2.45, 2.75) is 19.3 Å². The molecule has 7 nitrogen and oxygen atoms in total. The number of nitrogens with zero attached hydrogens (tertiary/aromatic N) is 3. The molecule has 1 unspecified atom stereocenters. The van der Waals surface area contributed by atoms with Crippen LogP contribution in [0.3, 0.4) is 0 Å². The molecule has 0 saturated carbocycles. The largest absolute Gasteiger partial charge is 0.486 e. The Morgan fingerprint density at radius 1 is 1.09 bits per heavy atom. The molecule has 1 aromatic heterocycles. The van der Waals surface area contributed by atoms with Crippen molar-refractivity contribution < 1.29 is 19.0 Å². The number of hydrogen-bond donors (Lipinski definition) is 0. The summed E-state index contributed by atoms with van der Waals surface area (Å²) in [6, 6.07) is 14.8. The second-order valence-corrected chi connectivity index (χ2v) is 9.32. The van der Waals surface area contributed by atoms with E-state index in [1.807, 2.05) is 41.3 Å². The van der Waals surface area contributed by atoms with Crippen LogP contribution < -0.4 is 14.2 Å².